The van der Waals surface area contributed by atoms with Gasteiger partial charge in [0.05, 0.1) is 10.9 Å². The van der Waals surface area contributed by atoms with Gasteiger partial charge in [0.1, 0.15) is 0 Å². The largest absolute Gasteiger partial charge is 0.354 e. The number of benzene rings is 4. The van der Waals surface area contributed by atoms with E-state index in [1.165, 1.54) is 66.3 Å². The SMILES string of the molecule is C=C/C=C\C1=C(C)C2(c3ccccc3-c3ccccc32)c2ccc3c([nH]c4ccccc43)c21. The quantitative estimate of drug-likeness (QED) is 0.277. The van der Waals surface area contributed by atoms with E-state index in [1.807, 2.05) is 6.08 Å². The van der Waals surface area contributed by atoms with Crippen LogP contribution in [0, 0.1) is 0 Å². The number of H-pyrrole nitrogens is 1. The van der Waals surface area contributed by atoms with Gasteiger partial charge in [0.2, 0.25) is 0 Å². The first-order valence-corrected chi connectivity index (χ1v) is 11.5. The molecule has 0 amide bonds. The maximum absolute atomic E-state index is 3.94. The molecule has 0 radical (unpaired) electrons. The minimum Gasteiger partial charge on any atom is -0.354 e. The third-order valence-corrected chi connectivity index (χ3v) is 7.67. The van der Waals surface area contributed by atoms with Crippen molar-refractivity contribution >= 4 is 27.4 Å². The van der Waals surface area contributed by atoms with Gasteiger partial charge in [-0.05, 0) is 52.0 Å². The number of fused-ring (bicyclic) bond motifs is 11. The summed E-state index contributed by atoms with van der Waals surface area (Å²) in [6, 6.07) is 31.1. The molecule has 1 spiro atoms. The van der Waals surface area contributed by atoms with Gasteiger partial charge in [-0.15, -0.1) is 0 Å². The molecule has 156 valence electrons. The lowest BCUT2D eigenvalue weighted by molar-refractivity contribution is 0.767. The smallest absolute Gasteiger partial charge is 0.0686 e. The zero-order chi connectivity index (χ0) is 22.2. The zero-order valence-electron chi connectivity index (χ0n) is 18.5. The molecule has 1 heteroatoms. The average Bonchev–Trinajstić information content (AvgIpc) is 3.46. The Morgan fingerprint density at radius 2 is 1.39 bits per heavy atom. The molecule has 4 aromatic carbocycles. The van der Waals surface area contributed by atoms with E-state index in [1.54, 1.807) is 0 Å². The number of hydrogen-bond acceptors (Lipinski definition) is 0. The predicted octanol–water partition coefficient (Wildman–Crippen LogP) is 8.17. The summed E-state index contributed by atoms with van der Waals surface area (Å²) in [6.45, 7) is 6.26. The summed E-state index contributed by atoms with van der Waals surface area (Å²) < 4.78 is 0. The van der Waals surface area contributed by atoms with Gasteiger partial charge >= 0.3 is 0 Å². The molecule has 1 N–H and O–H groups in total. The molecule has 0 fully saturated rings. The maximum Gasteiger partial charge on any atom is 0.0686 e. The standard InChI is InChI=1S/C32H23N/c1-3-4-11-21-20(2)32(26-15-8-5-12-22(26)23-13-6-9-16-27(23)32)28-19-18-25-24-14-7-10-17-29(24)33-31(25)30(21)28/h3-19,33H,1H2,2H3/b11-4-. The fourth-order valence-corrected chi connectivity index (χ4v) is 6.40. The lowest BCUT2D eigenvalue weighted by Gasteiger charge is -2.31. The fraction of sp³-hybridized carbons (Fsp3) is 0.0625. The van der Waals surface area contributed by atoms with E-state index in [0.717, 1.165) is 0 Å². The third kappa shape index (κ3) is 2.12. The molecule has 1 aromatic heterocycles. The van der Waals surface area contributed by atoms with Crippen LogP contribution in [0.3, 0.4) is 0 Å². The average molecular weight is 422 g/mol. The van der Waals surface area contributed by atoms with Crippen molar-refractivity contribution in [3.8, 4) is 11.1 Å². The third-order valence-electron chi connectivity index (χ3n) is 7.67. The van der Waals surface area contributed by atoms with Gasteiger partial charge in [-0.3, -0.25) is 0 Å². The van der Waals surface area contributed by atoms with Gasteiger partial charge in [-0.1, -0.05) is 104 Å². The van der Waals surface area contributed by atoms with E-state index in [-0.39, 0.29) is 5.41 Å². The van der Waals surface area contributed by atoms with Gasteiger partial charge in [0.25, 0.3) is 0 Å². The maximum atomic E-state index is 3.94. The minimum atomic E-state index is -0.283. The molecule has 7 rings (SSSR count). The second kappa shape index (κ2) is 6.46. The Morgan fingerprint density at radius 1 is 0.727 bits per heavy atom. The summed E-state index contributed by atoms with van der Waals surface area (Å²) in [4.78, 5) is 3.77. The molecule has 0 atom stereocenters. The van der Waals surface area contributed by atoms with Crippen molar-refractivity contribution in [3.05, 3.63) is 138 Å². The topological polar surface area (TPSA) is 15.8 Å². The van der Waals surface area contributed by atoms with E-state index >= 15 is 0 Å². The van der Waals surface area contributed by atoms with Crippen LogP contribution in [-0.2, 0) is 5.41 Å². The first-order valence-electron chi connectivity index (χ1n) is 11.5. The molecule has 0 bridgehead atoms. The van der Waals surface area contributed by atoms with Gasteiger partial charge in [-0.25, -0.2) is 0 Å². The van der Waals surface area contributed by atoms with Crippen LogP contribution in [0.2, 0.25) is 0 Å². The number of hydrogen-bond donors (Lipinski definition) is 1. The molecule has 0 saturated carbocycles. The van der Waals surface area contributed by atoms with E-state index in [4.69, 9.17) is 0 Å². The monoisotopic (exact) mass is 421 g/mol. The highest BCUT2D eigenvalue weighted by molar-refractivity contribution is 6.13. The number of aromatic nitrogens is 1. The summed E-state index contributed by atoms with van der Waals surface area (Å²) in [5, 5.41) is 2.55. The van der Waals surface area contributed by atoms with Gasteiger partial charge in [0, 0.05) is 21.9 Å². The molecule has 0 saturated heterocycles. The Balaban J connectivity index is 1.70. The Morgan fingerprint density at radius 3 is 2.12 bits per heavy atom. The molecule has 1 heterocycles. The summed E-state index contributed by atoms with van der Waals surface area (Å²) in [6.07, 6.45) is 6.17. The summed E-state index contributed by atoms with van der Waals surface area (Å²) in [5.74, 6) is 0. The van der Waals surface area contributed by atoms with Crippen LogP contribution in [0.4, 0.5) is 0 Å². The second-order valence-electron chi connectivity index (χ2n) is 9.06. The van der Waals surface area contributed by atoms with Crippen LogP contribution in [0.25, 0.3) is 38.5 Å². The molecule has 2 aliphatic rings. The Kier molecular flexibility index (Phi) is 3.62. The molecule has 1 nitrogen and oxygen atoms in total. The number of aromatic amines is 1. The number of rotatable bonds is 2. The molecular formula is C32H23N. The van der Waals surface area contributed by atoms with E-state index in [2.05, 4.69) is 116 Å². The van der Waals surface area contributed by atoms with Crippen LogP contribution in [0.5, 0.6) is 0 Å². The number of allylic oxidation sites excluding steroid dienone is 5. The summed E-state index contributed by atoms with van der Waals surface area (Å²) in [5.41, 5.74) is 12.9. The zero-order valence-corrected chi connectivity index (χ0v) is 18.5. The van der Waals surface area contributed by atoms with Crippen molar-refractivity contribution in [1.82, 2.24) is 4.98 Å². The van der Waals surface area contributed by atoms with Crippen molar-refractivity contribution in [2.75, 3.05) is 0 Å². The van der Waals surface area contributed by atoms with Crippen LogP contribution < -0.4 is 0 Å². The molecule has 0 unspecified atom stereocenters. The minimum absolute atomic E-state index is 0.283. The van der Waals surface area contributed by atoms with Gasteiger partial charge < -0.3 is 4.98 Å². The molecule has 33 heavy (non-hydrogen) atoms. The first-order chi connectivity index (χ1) is 16.3. The lowest BCUT2D eigenvalue weighted by Crippen LogP contribution is -2.26. The van der Waals surface area contributed by atoms with Crippen molar-refractivity contribution in [1.29, 1.82) is 0 Å². The normalized spacial score (nSPS) is 15.5. The molecule has 0 aliphatic heterocycles. The highest BCUT2D eigenvalue weighted by Gasteiger charge is 2.51. The highest BCUT2D eigenvalue weighted by Crippen LogP contribution is 2.62. The van der Waals surface area contributed by atoms with Crippen LogP contribution in [0.1, 0.15) is 29.2 Å². The van der Waals surface area contributed by atoms with Crippen molar-refractivity contribution < 1.29 is 0 Å². The van der Waals surface area contributed by atoms with Crippen molar-refractivity contribution in [3.63, 3.8) is 0 Å². The lowest BCUT2D eigenvalue weighted by atomic mass is 9.70. The number of para-hydroxylation sites is 1. The molecular weight excluding hydrogens is 398 g/mol. The second-order valence-corrected chi connectivity index (χ2v) is 9.06. The van der Waals surface area contributed by atoms with E-state index in [9.17, 15) is 0 Å². The number of nitrogens with one attached hydrogen (secondary N) is 1. The Bertz CT molecular complexity index is 1640. The van der Waals surface area contributed by atoms with Gasteiger partial charge in [0.15, 0.2) is 0 Å². The summed E-state index contributed by atoms with van der Waals surface area (Å²) in [7, 11) is 0. The van der Waals surface area contributed by atoms with Crippen LogP contribution >= 0.6 is 0 Å². The van der Waals surface area contributed by atoms with Crippen molar-refractivity contribution in [2.24, 2.45) is 0 Å². The predicted molar refractivity (Wildman–Crippen MR) is 139 cm³/mol. The highest BCUT2D eigenvalue weighted by atomic mass is 14.7. The van der Waals surface area contributed by atoms with Gasteiger partial charge in [-0.2, -0.15) is 0 Å². The molecule has 2 aliphatic carbocycles. The van der Waals surface area contributed by atoms with E-state index < -0.39 is 0 Å². The van der Waals surface area contributed by atoms with E-state index in [0.29, 0.717) is 0 Å². The van der Waals surface area contributed by atoms with Crippen LogP contribution in [0.15, 0.2) is 115 Å². The Hall–Kier alpha value is -4.10. The summed E-state index contributed by atoms with van der Waals surface area (Å²) >= 11 is 0. The fourth-order valence-electron chi connectivity index (χ4n) is 6.40. The Labute approximate surface area is 193 Å². The first kappa shape index (κ1) is 18.5. The molecule has 5 aromatic rings. The van der Waals surface area contributed by atoms with Crippen molar-refractivity contribution in [2.45, 2.75) is 12.3 Å². The van der Waals surface area contributed by atoms with Crippen LogP contribution in [-0.4, -0.2) is 4.98 Å².